The van der Waals surface area contributed by atoms with Crippen molar-refractivity contribution in [2.24, 2.45) is 0 Å². The van der Waals surface area contributed by atoms with Gasteiger partial charge >= 0.3 is 0 Å². The summed E-state index contributed by atoms with van der Waals surface area (Å²) in [6.45, 7) is 10.8. The van der Waals surface area contributed by atoms with E-state index in [1.807, 2.05) is 0 Å². The van der Waals surface area contributed by atoms with E-state index in [4.69, 9.17) is 0 Å². The second-order valence-corrected chi connectivity index (χ2v) is 10.9. The molecule has 1 aromatic rings. The number of rotatable bonds is 9. The van der Waals surface area contributed by atoms with Gasteiger partial charge in [0.15, 0.2) is 9.84 Å². The Morgan fingerprint density at radius 1 is 1.07 bits per heavy atom. The summed E-state index contributed by atoms with van der Waals surface area (Å²) in [5.74, 6) is -0.737. The van der Waals surface area contributed by atoms with E-state index in [2.05, 4.69) is 5.32 Å². The molecule has 7 nitrogen and oxygen atoms in total. The lowest BCUT2D eigenvalue weighted by atomic mass is 10.1. The molecule has 0 heterocycles. The predicted molar refractivity (Wildman–Crippen MR) is 108 cm³/mol. The van der Waals surface area contributed by atoms with E-state index in [0.717, 1.165) is 0 Å². The highest BCUT2D eigenvalue weighted by Gasteiger charge is 2.28. The average Bonchev–Trinajstić information content (AvgIpc) is 2.58. The number of aryl methyl sites for hydroxylation is 1. The van der Waals surface area contributed by atoms with Crippen LogP contribution >= 0.6 is 0 Å². The third kappa shape index (κ3) is 5.30. The first-order chi connectivity index (χ1) is 12.4. The Kier molecular flexibility index (Phi) is 8.00. The number of carbonyl (C=O) groups excluding carboxylic acids is 1. The molecule has 27 heavy (non-hydrogen) atoms. The highest BCUT2D eigenvalue weighted by atomic mass is 32.2. The molecule has 1 amide bonds. The minimum absolute atomic E-state index is 0.0734. The number of sulfonamides is 1. The van der Waals surface area contributed by atoms with Crippen molar-refractivity contribution >= 4 is 31.5 Å². The molecule has 0 saturated heterocycles. The zero-order chi connectivity index (χ0) is 21.0. The number of sulfone groups is 1. The van der Waals surface area contributed by atoms with Gasteiger partial charge in [0.25, 0.3) is 0 Å². The normalized spacial score (nSPS) is 13.6. The third-order valence-electron chi connectivity index (χ3n) is 4.64. The van der Waals surface area contributed by atoms with Crippen molar-refractivity contribution in [1.29, 1.82) is 0 Å². The van der Waals surface area contributed by atoms with E-state index in [-0.39, 0.29) is 10.6 Å². The van der Waals surface area contributed by atoms with E-state index in [0.29, 0.717) is 36.3 Å². The number of anilines is 1. The summed E-state index contributed by atoms with van der Waals surface area (Å²) in [5, 5.41) is 1.39. The lowest BCUT2D eigenvalue weighted by Crippen LogP contribution is -2.34. The number of benzene rings is 1. The van der Waals surface area contributed by atoms with Gasteiger partial charge < -0.3 is 5.32 Å². The summed E-state index contributed by atoms with van der Waals surface area (Å²) in [4.78, 5) is 12.5. The highest BCUT2D eigenvalue weighted by molar-refractivity contribution is 7.92. The van der Waals surface area contributed by atoms with Crippen LogP contribution < -0.4 is 5.32 Å². The molecule has 0 aromatic heterocycles. The first-order valence-electron chi connectivity index (χ1n) is 9.06. The van der Waals surface area contributed by atoms with Crippen LogP contribution in [0.15, 0.2) is 17.0 Å². The fraction of sp³-hybridized carbons (Fsp3) is 0.611. The molecule has 0 bridgehead atoms. The molecule has 1 aromatic carbocycles. The Morgan fingerprint density at radius 3 is 2.11 bits per heavy atom. The Labute approximate surface area is 163 Å². The van der Waals surface area contributed by atoms with Crippen LogP contribution in [0.1, 0.15) is 45.2 Å². The van der Waals surface area contributed by atoms with Gasteiger partial charge in [0.1, 0.15) is 5.25 Å². The van der Waals surface area contributed by atoms with E-state index >= 15 is 0 Å². The number of hydrogen-bond acceptors (Lipinski definition) is 5. The van der Waals surface area contributed by atoms with Crippen molar-refractivity contribution in [1.82, 2.24) is 4.31 Å². The van der Waals surface area contributed by atoms with Gasteiger partial charge in [-0.2, -0.15) is 4.31 Å². The van der Waals surface area contributed by atoms with Crippen LogP contribution in [-0.4, -0.2) is 51.1 Å². The Bertz CT molecular complexity index is 889. The fourth-order valence-corrected chi connectivity index (χ4v) is 5.55. The van der Waals surface area contributed by atoms with Crippen molar-refractivity contribution in [3.63, 3.8) is 0 Å². The third-order valence-corrected chi connectivity index (χ3v) is 8.93. The predicted octanol–water partition coefficient (Wildman–Crippen LogP) is 2.49. The SMILES string of the molecule is CCCS(=O)(=O)C(C)C(=O)Nc1cc(S(=O)(=O)N(CC)CC)cc(C)c1C. The summed E-state index contributed by atoms with van der Waals surface area (Å²) in [6.07, 6.45) is 0.426. The summed E-state index contributed by atoms with van der Waals surface area (Å²) in [5.41, 5.74) is 1.70. The first-order valence-corrected chi connectivity index (χ1v) is 12.2. The molecule has 0 radical (unpaired) electrons. The molecule has 0 saturated carbocycles. The van der Waals surface area contributed by atoms with E-state index in [1.165, 1.54) is 17.3 Å². The largest absolute Gasteiger partial charge is 0.325 e. The Balaban J connectivity index is 3.31. The maximum Gasteiger partial charge on any atom is 0.243 e. The van der Waals surface area contributed by atoms with Crippen molar-refractivity contribution in [3.05, 3.63) is 23.3 Å². The van der Waals surface area contributed by atoms with Crippen LogP contribution in [0.4, 0.5) is 5.69 Å². The van der Waals surface area contributed by atoms with Crippen LogP contribution in [-0.2, 0) is 24.7 Å². The monoisotopic (exact) mass is 418 g/mol. The van der Waals surface area contributed by atoms with Crippen LogP contribution in [0.3, 0.4) is 0 Å². The van der Waals surface area contributed by atoms with Crippen molar-refractivity contribution in [2.75, 3.05) is 24.2 Å². The molecule has 1 atom stereocenters. The molecule has 0 fully saturated rings. The lowest BCUT2D eigenvalue weighted by Gasteiger charge is -2.21. The second-order valence-electron chi connectivity index (χ2n) is 6.50. The summed E-state index contributed by atoms with van der Waals surface area (Å²) < 4.78 is 51.2. The fourth-order valence-electron chi connectivity index (χ4n) is 2.68. The number of nitrogens with zero attached hydrogens (tertiary/aromatic N) is 1. The minimum Gasteiger partial charge on any atom is -0.325 e. The average molecular weight is 419 g/mol. The molecular weight excluding hydrogens is 388 g/mol. The van der Waals surface area contributed by atoms with E-state index in [9.17, 15) is 21.6 Å². The molecular formula is C18H30N2O5S2. The summed E-state index contributed by atoms with van der Waals surface area (Å²) in [6, 6.07) is 2.96. The van der Waals surface area contributed by atoms with Crippen LogP contribution in [0, 0.1) is 13.8 Å². The maximum atomic E-state index is 12.8. The number of amides is 1. The van der Waals surface area contributed by atoms with Crippen LogP contribution in [0.5, 0.6) is 0 Å². The molecule has 0 spiro atoms. The lowest BCUT2D eigenvalue weighted by molar-refractivity contribution is -0.115. The van der Waals surface area contributed by atoms with Crippen LogP contribution in [0.25, 0.3) is 0 Å². The Hall–Kier alpha value is -1.45. The van der Waals surface area contributed by atoms with E-state index in [1.54, 1.807) is 40.7 Å². The number of hydrogen-bond donors (Lipinski definition) is 1. The van der Waals surface area contributed by atoms with Gasteiger partial charge in [-0.3, -0.25) is 4.79 Å². The molecule has 9 heteroatoms. The Morgan fingerprint density at radius 2 is 1.63 bits per heavy atom. The van der Waals surface area contributed by atoms with Gasteiger partial charge in [-0.15, -0.1) is 0 Å². The van der Waals surface area contributed by atoms with Gasteiger partial charge in [-0.1, -0.05) is 20.8 Å². The smallest absolute Gasteiger partial charge is 0.243 e. The van der Waals surface area contributed by atoms with Gasteiger partial charge in [0.05, 0.1) is 10.6 Å². The molecule has 0 aliphatic heterocycles. The molecule has 1 N–H and O–H groups in total. The molecule has 154 valence electrons. The van der Waals surface area contributed by atoms with Gasteiger partial charge in [0.2, 0.25) is 15.9 Å². The van der Waals surface area contributed by atoms with Crippen LogP contribution in [0.2, 0.25) is 0 Å². The zero-order valence-corrected chi connectivity index (χ0v) is 18.5. The molecule has 0 aliphatic rings. The quantitative estimate of drug-likeness (QED) is 0.664. The van der Waals surface area contributed by atoms with E-state index < -0.39 is 31.0 Å². The number of carbonyl (C=O) groups is 1. The number of nitrogens with one attached hydrogen (secondary N) is 1. The highest BCUT2D eigenvalue weighted by Crippen LogP contribution is 2.26. The standard InChI is InChI=1S/C18H30N2O5S2/c1-7-10-26(22,23)15(6)18(21)19-17-12-16(11-13(4)14(17)5)27(24,25)20(8-2)9-3/h11-12,15H,7-10H2,1-6H3,(H,19,21). The van der Waals surface area contributed by atoms with Crippen molar-refractivity contribution in [2.45, 2.75) is 58.1 Å². The van der Waals surface area contributed by atoms with Gasteiger partial charge in [-0.25, -0.2) is 16.8 Å². The summed E-state index contributed by atoms with van der Waals surface area (Å²) in [7, 11) is -7.24. The molecule has 1 rings (SSSR count). The van der Waals surface area contributed by atoms with Crippen molar-refractivity contribution in [3.8, 4) is 0 Å². The van der Waals surface area contributed by atoms with Gasteiger partial charge in [0, 0.05) is 18.8 Å². The van der Waals surface area contributed by atoms with Crippen molar-refractivity contribution < 1.29 is 21.6 Å². The first kappa shape index (κ1) is 23.6. The minimum atomic E-state index is -3.69. The topological polar surface area (TPSA) is 101 Å². The maximum absolute atomic E-state index is 12.8. The molecule has 0 aliphatic carbocycles. The molecule has 1 unspecified atom stereocenters. The second kappa shape index (κ2) is 9.16. The zero-order valence-electron chi connectivity index (χ0n) is 16.9. The van der Waals surface area contributed by atoms with Gasteiger partial charge in [-0.05, 0) is 50.5 Å². The summed E-state index contributed by atoms with van der Waals surface area (Å²) >= 11 is 0.